The van der Waals surface area contributed by atoms with Crippen molar-refractivity contribution >= 4 is 0 Å². The van der Waals surface area contributed by atoms with Crippen LogP contribution < -0.4 is 0 Å². The highest BCUT2D eigenvalue weighted by Gasteiger charge is 1.92. The van der Waals surface area contributed by atoms with E-state index in [1.807, 2.05) is 19.1 Å². The summed E-state index contributed by atoms with van der Waals surface area (Å²) in [5, 5.41) is 8.96. The number of rotatable bonds is 3. The molecule has 0 heterocycles. The van der Waals surface area contributed by atoms with Crippen LogP contribution in [-0.2, 0) is 0 Å². The Balaban J connectivity index is 3.17. The second kappa shape index (κ2) is 4.85. The van der Waals surface area contributed by atoms with Gasteiger partial charge in [0.05, 0.1) is 6.10 Å². The highest BCUT2D eigenvalue weighted by molar-refractivity contribution is 4.84. The first-order valence-corrected chi connectivity index (χ1v) is 3.12. The summed E-state index contributed by atoms with van der Waals surface area (Å²) in [4.78, 5) is 0. The van der Waals surface area contributed by atoms with E-state index in [9.17, 15) is 0 Å². The van der Waals surface area contributed by atoms with Gasteiger partial charge in [0.15, 0.2) is 0 Å². The SMILES string of the molecule is CC=CC(O)CCC. The topological polar surface area (TPSA) is 20.2 Å². The van der Waals surface area contributed by atoms with Gasteiger partial charge in [-0.25, -0.2) is 0 Å². The number of aliphatic hydroxyl groups excluding tert-OH is 1. The molecule has 1 unspecified atom stereocenters. The van der Waals surface area contributed by atoms with Crippen molar-refractivity contribution in [3.8, 4) is 0 Å². The lowest BCUT2D eigenvalue weighted by molar-refractivity contribution is 0.211. The summed E-state index contributed by atoms with van der Waals surface area (Å²) in [6.07, 6.45) is 5.39. The first-order chi connectivity index (χ1) is 3.81. The van der Waals surface area contributed by atoms with E-state index in [1.165, 1.54) is 0 Å². The van der Waals surface area contributed by atoms with Crippen LogP contribution in [0.25, 0.3) is 0 Å². The molecule has 1 heteroatoms. The predicted octanol–water partition coefficient (Wildman–Crippen LogP) is 1.72. The molecule has 0 saturated heterocycles. The van der Waals surface area contributed by atoms with Gasteiger partial charge in [-0.05, 0) is 13.3 Å². The Labute approximate surface area is 51.0 Å². The fourth-order valence-corrected chi connectivity index (χ4v) is 0.614. The molecule has 48 valence electrons. The first kappa shape index (κ1) is 7.70. The molecule has 0 aliphatic carbocycles. The van der Waals surface area contributed by atoms with Gasteiger partial charge in [0.25, 0.3) is 0 Å². The highest BCUT2D eigenvalue weighted by Crippen LogP contribution is 1.95. The van der Waals surface area contributed by atoms with Crippen molar-refractivity contribution < 1.29 is 5.11 Å². The van der Waals surface area contributed by atoms with E-state index in [1.54, 1.807) is 0 Å². The molecule has 0 aliphatic rings. The van der Waals surface area contributed by atoms with Crippen LogP contribution in [0.1, 0.15) is 26.7 Å². The summed E-state index contributed by atoms with van der Waals surface area (Å²) < 4.78 is 0. The van der Waals surface area contributed by atoms with Crippen molar-refractivity contribution in [2.75, 3.05) is 0 Å². The molecule has 0 aromatic rings. The van der Waals surface area contributed by atoms with E-state index >= 15 is 0 Å². The number of hydrogen-bond acceptors (Lipinski definition) is 1. The van der Waals surface area contributed by atoms with Crippen LogP contribution in [-0.4, -0.2) is 11.2 Å². The molecule has 0 radical (unpaired) electrons. The van der Waals surface area contributed by atoms with E-state index in [4.69, 9.17) is 5.11 Å². The second-order valence-electron chi connectivity index (χ2n) is 1.88. The third-order valence-electron chi connectivity index (χ3n) is 0.999. The number of allylic oxidation sites excluding steroid dienone is 1. The molecule has 0 saturated carbocycles. The van der Waals surface area contributed by atoms with Crippen molar-refractivity contribution in [2.24, 2.45) is 0 Å². The summed E-state index contributed by atoms with van der Waals surface area (Å²) in [6, 6.07) is 0. The lowest BCUT2D eigenvalue weighted by Gasteiger charge is -1.99. The molecule has 1 atom stereocenters. The Morgan fingerprint density at radius 1 is 1.62 bits per heavy atom. The highest BCUT2D eigenvalue weighted by atomic mass is 16.3. The minimum atomic E-state index is -0.218. The molecule has 0 aromatic heterocycles. The van der Waals surface area contributed by atoms with Crippen molar-refractivity contribution in [1.29, 1.82) is 0 Å². The van der Waals surface area contributed by atoms with E-state index < -0.39 is 0 Å². The van der Waals surface area contributed by atoms with Crippen molar-refractivity contribution in [2.45, 2.75) is 32.8 Å². The van der Waals surface area contributed by atoms with Gasteiger partial charge in [-0.3, -0.25) is 0 Å². The summed E-state index contributed by atoms with van der Waals surface area (Å²) in [6.45, 7) is 3.98. The lowest BCUT2D eigenvalue weighted by atomic mass is 10.2. The van der Waals surface area contributed by atoms with Gasteiger partial charge in [-0.2, -0.15) is 0 Å². The molecule has 1 N–H and O–H groups in total. The Morgan fingerprint density at radius 3 is 2.62 bits per heavy atom. The minimum Gasteiger partial charge on any atom is -0.389 e. The largest absolute Gasteiger partial charge is 0.389 e. The Hall–Kier alpha value is -0.300. The van der Waals surface area contributed by atoms with E-state index in [2.05, 4.69) is 6.92 Å². The van der Waals surface area contributed by atoms with E-state index in [0.717, 1.165) is 12.8 Å². The third-order valence-corrected chi connectivity index (χ3v) is 0.999. The monoisotopic (exact) mass is 114 g/mol. The maximum Gasteiger partial charge on any atom is 0.0720 e. The number of hydrogen-bond donors (Lipinski definition) is 1. The lowest BCUT2D eigenvalue weighted by Crippen LogP contribution is -1.99. The first-order valence-electron chi connectivity index (χ1n) is 3.12. The quantitative estimate of drug-likeness (QED) is 0.554. The van der Waals surface area contributed by atoms with Gasteiger partial charge in [0.1, 0.15) is 0 Å². The van der Waals surface area contributed by atoms with Crippen LogP contribution in [0.2, 0.25) is 0 Å². The summed E-state index contributed by atoms with van der Waals surface area (Å²) in [7, 11) is 0. The van der Waals surface area contributed by atoms with Gasteiger partial charge in [-0.15, -0.1) is 0 Å². The molecule has 0 aliphatic heterocycles. The molecule has 0 spiro atoms. The number of aliphatic hydroxyl groups is 1. The van der Waals surface area contributed by atoms with Crippen LogP contribution in [0.3, 0.4) is 0 Å². The van der Waals surface area contributed by atoms with Crippen LogP contribution in [0.4, 0.5) is 0 Å². The molecule has 0 rings (SSSR count). The van der Waals surface area contributed by atoms with Gasteiger partial charge in [0, 0.05) is 0 Å². The zero-order chi connectivity index (χ0) is 6.41. The van der Waals surface area contributed by atoms with Crippen LogP contribution >= 0.6 is 0 Å². The van der Waals surface area contributed by atoms with Gasteiger partial charge >= 0.3 is 0 Å². The van der Waals surface area contributed by atoms with Crippen molar-refractivity contribution in [3.05, 3.63) is 12.2 Å². The molecule has 0 bridgehead atoms. The molecule has 0 fully saturated rings. The van der Waals surface area contributed by atoms with Crippen LogP contribution in [0, 0.1) is 0 Å². The minimum absolute atomic E-state index is 0.218. The second-order valence-corrected chi connectivity index (χ2v) is 1.88. The Bertz CT molecular complexity index is 66.8. The normalized spacial score (nSPS) is 14.9. The van der Waals surface area contributed by atoms with Gasteiger partial charge in [0.2, 0.25) is 0 Å². The van der Waals surface area contributed by atoms with Crippen LogP contribution in [0.15, 0.2) is 12.2 Å². The summed E-state index contributed by atoms with van der Waals surface area (Å²) >= 11 is 0. The average molecular weight is 114 g/mol. The maximum absolute atomic E-state index is 8.96. The zero-order valence-corrected chi connectivity index (χ0v) is 5.59. The van der Waals surface area contributed by atoms with Crippen molar-refractivity contribution in [1.82, 2.24) is 0 Å². The third kappa shape index (κ3) is 3.88. The van der Waals surface area contributed by atoms with Crippen molar-refractivity contribution in [3.63, 3.8) is 0 Å². The molecule has 8 heavy (non-hydrogen) atoms. The van der Waals surface area contributed by atoms with Crippen LogP contribution in [0.5, 0.6) is 0 Å². The maximum atomic E-state index is 8.96. The smallest absolute Gasteiger partial charge is 0.0720 e. The summed E-state index contributed by atoms with van der Waals surface area (Å²) in [5.41, 5.74) is 0. The van der Waals surface area contributed by atoms with Gasteiger partial charge < -0.3 is 5.11 Å². The van der Waals surface area contributed by atoms with E-state index in [0.29, 0.717) is 0 Å². The zero-order valence-electron chi connectivity index (χ0n) is 5.59. The molecule has 0 aromatic carbocycles. The fraction of sp³-hybridized carbons (Fsp3) is 0.714. The molecular formula is C7H14O. The predicted molar refractivity (Wildman–Crippen MR) is 35.7 cm³/mol. The molecule has 1 nitrogen and oxygen atoms in total. The fourth-order valence-electron chi connectivity index (χ4n) is 0.614. The molecule has 0 amide bonds. The average Bonchev–Trinajstić information content (AvgIpc) is 1.68. The Morgan fingerprint density at radius 2 is 2.25 bits per heavy atom. The van der Waals surface area contributed by atoms with E-state index in [-0.39, 0.29) is 6.10 Å². The summed E-state index contributed by atoms with van der Waals surface area (Å²) in [5.74, 6) is 0. The molecular weight excluding hydrogens is 100 g/mol. The standard InChI is InChI=1S/C7H14O/c1-3-5-7(8)6-4-2/h3,5,7-8H,4,6H2,1-2H3. The Kier molecular flexibility index (Phi) is 4.67. The van der Waals surface area contributed by atoms with Gasteiger partial charge in [-0.1, -0.05) is 25.5 Å².